The van der Waals surface area contributed by atoms with Gasteiger partial charge in [0, 0.05) is 35.6 Å². The Kier molecular flexibility index (Phi) is 4.22. The molecule has 0 radical (unpaired) electrons. The first-order chi connectivity index (χ1) is 10.0. The van der Waals surface area contributed by atoms with E-state index in [1.54, 1.807) is 0 Å². The van der Waals surface area contributed by atoms with E-state index in [1.807, 2.05) is 4.90 Å². The molecule has 2 heterocycles. The molecule has 1 saturated heterocycles. The highest BCUT2D eigenvalue weighted by atomic mass is 79.9. The summed E-state index contributed by atoms with van der Waals surface area (Å²) in [5.41, 5.74) is 2.35. The fraction of sp³-hybridized carbons (Fsp3) is 0.562. The molecule has 0 saturated carbocycles. The summed E-state index contributed by atoms with van der Waals surface area (Å²) in [4.78, 5) is 14.4. The van der Waals surface area contributed by atoms with Gasteiger partial charge in [0.15, 0.2) is 0 Å². The fourth-order valence-corrected chi connectivity index (χ4v) is 3.67. The maximum Gasteiger partial charge on any atom is 0.240 e. The molecule has 1 atom stereocenters. The van der Waals surface area contributed by atoms with Gasteiger partial charge < -0.3 is 15.0 Å². The van der Waals surface area contributed by atoms with Gasteiger partial charge >= 0.3 is 0 Å². The van der Waals surface area contributed by atoms with E-state index in [4.69, 9.17) is 4.74 Å². The number of carbonyl (C=O) groups excluding carboxylic acids is 1. The molecule has 0 aromatic heterocycles. The Morgan fingerprint density at radius 3 is 3.05 bits per heavy atom. The number of halogens is 1. The SMILES string of the molecule is CC(C)NC1CCN(Cc2cc(Br)cc3c2OCC3)C1=O. The molecular weight excluding hydrogens is 332 g/mol. The lowest BCUT2D eigenvalue weighted by atomic mass is 10.1. The quantitative estimate of drug-likeness (QED) is 0.904. The molecule has 1 fully saturated rings. The Balaban J connectivity index is 1.75. The lowest BCUT2D eigenvalue weighted by Crippen LogP contribution is -2.41. The minimum Gasteiger partial charge on any atom is -0.493 e. The molecule has 4 nitrogen and oxygen atoms in total. The first-order valence-corrected chi connectivity index (χ1v) is 8.33. The summed E-state index contributed by atoms with van der Waals surface area (Å²) in [6, 6.07) is 4.48. The summed E-state index contributed by atoms with van der Waals surface area (Å²) in [5, 5.41) is 3.34. The van der Waals surface area contributed by atoms with Crippen LogP contribution in [0.5, 0.6) is 5.75 Å². The largest absolute Gasteiger partial charge is 0.493 e. The van der Waals surface area contributed by atoms with Gasteiger partial charge in [0.25, 0.3) is 0 Å². The van der Waals surface area contributed by atoms with Crippen molar-refractivity contribution in [3.63, 3.8) is 0 Å². The number of hydrogen-bond acceptors (Lipinski definition) is 3. The highest BCUT2D eigenvalue weighted by molar-refractivity contribution is 9.10. The van der Waals surface area contributed by atoms with E-state index in [1.165, 1.54) is 5.56 Å². The topological polar surface area (TPSA) is 41.6 Å². The number of benzene rings is 1. The number of nitrogens with one attached hydrogen (secondary N) is 1. The summed E-state index contributed by atoms with van der Waals surface area (Å²) in [6.45, 7) is 6.33. The summed E-state index contributed by atoms with van der Waals surface area (Å²) >= 11 is 3.55. The van der Waals surface area contributed by atoms with Crippen molar-refractivity contribution in [2.45, 2.75) is 45.3 Å². The maximum atomic E-state index is 12.4. The third kappa shape index (κ3) is 3.09. The zero-order valence-corrected chi connectivity index (χ0v) is 14.1. The molecular formula is C16H21BrN2O2. The average Bonchev–Trinajstić information content (AvgIpc) is 2.99. The van der Waals surface area contributed by atoms with Crippen LogP contribution in [-0.2, 0) is 17.8 Å². The van der Waals surface area contributed by atoms with Gasteiger partial charge in [-0.25, -0.2) is 0 Å². The van der Waals surface area contributed by atoms with E-state index in [2.05, 4.69) is 47.2 Å². The van der Waals surface area contributed by atoms with Crippen LogP contribution in [0.15, 0.2) is 16.6 Å². The molecule has 1 N–H and O–H groups in total. The molecule has 1 unspecified atom stereocenters. The second-order valence-electron chi connectivity index (χ2n) is 6.07. The van der Waals surface area contributed by atoms with Gasteiger partial charge in [-0.05, 0) is 24.1 Å². The van der Waals surface area contributed by atoms with Gasteiger partial charge in [-0.15, -0.1) is 0 Å². The van der Waals surface area contributed by atoms with Crippen LogP contribution in [0.2, 0.25) is 0 Å². The molecule has 1 aromatic carbocycles. The normalized spacial score (nSPS) is 21.0. The van der Waals surface area contributed by atoms with Crippen LogP contribution in [0.25, 0.3) is 0 Å². The number of hydrogen-bond donors (Lipinski definition) is 1. The number of amides is 1. The Labute approximate surface area is 134 Å². The van der Waals surface area contributed by atoms with Crippen LogP contribution in [0, 0.1) is 0 Å². The summed E-state index contributed by atoms with van der Waals surface area (Å²) in [5.74, 6) is 1.18. The third-order valence-electron chi connectivity index (χ3n) is 4.02. The molecule has 5 heteroatoms. The van der Waals surface area contributed by atoms with Crippen LogP contribution in [0.3, 0.4) is 0 Å². The van der Waals surface area contributed by atoms with E-state index in [0.717, 1.165) is 41.8 Å². The molecule has 2 aliphatic heterocycles. The van der Waals surface area contributed by atoms with Crippen molar-refractivity contribution in [2.24, 2.45) is 0 Å². The summed E-state index contributed by atoms with van der Waals surface area (Å²) in [7, 11) is 0. The number of carbonyl (C=O) groups is 1. The highest BCUT2D eigenvalue weighted by Gasteiger charge is 2.32. The van der Waals surface area contributed by atoms with E-state index in [9.17, 15) is 4.79 Å². The van der Waals surface area contributed by atoms with E-state index in [-0.39, 0.29) is 11.9 Å². The molecule has 1 amide bonds. The number of fused-ring (bicyclic) bond motifs is 1. The predicted molar refractivity (Wildman–Crippen MR) is 85.4 cm³/mol. The smallest absolute Gasteiger partial charge is 0.240 e. The van der Waals surface area contributed by atoms with Crippen molar-refractivity contribution in [1.82, 2.24) is 10.2 Å². The maximum absolute atomic E-state index is 12.4. The van der Waals surface area contributed by atoms with E-state index < -0.39 is 0 Å². The van der Waals surface area contributed by atoms with E-state index >= 15 is 0 Å². The van der Waals surface area contributed by atoms with Crippen LogP contribution in [0.1, 0.15) is 31.4 Å². The summed E-state index contributed by atoms with van der Waals surface area (Å²) in [6.07, 6.45) is 1.83. The first-order valence-electron chi connectivity index (χ1n) is 7.53. The number of nitrogens with zero attached hydrogens (tertiary/aromatic N) is 1. The Bertz CT molecular complexity index is 559. The van der Waals surface area contributed by atoms with Crippen molar-refractivity contribution in [3.8, 4) is 5.75 Å². The molecule has 1 aromatic rings. The fourth-order valence-electron chi connectivity index (χ4n) is 3.12. The van der Waals surface area contributed by atoms with Gasteiger partial charge in [0.1, 0.15) is 5.75 Å². The van der Waals surface area contributed by atoms with Gasteiger partial charge in [0.05, 0.1) is 12.6 Å². The van der Waals surface area contributed by atoms with Crippen molar-refractivity contribution in [1.29, 1.82) is 0 Å². The second-order valence-corrected chi connectivity index (χ2v) is 6.99. The standard InChI is InChI=1S/C16H21BrN2O2/c1-10(2)18-14-3-5-19(16(14)20)9-12-8-13(17)7-11-4-6-21-15(11)12/h7-8,10,14,18H,3-6,9H2,1-2H3. The van der Waals surface area contributed by atoms with Gasteiger partial charge in [-0.1, -0.05) is 29.8 Å². The Morgan fingerprint density at radius 2 is 2.29 bits per heavy atom. The predicted octanol–water partition coefficient (Wildman–Crippen LogP) is 2.48. The second kappa shape index (κ2) is 5.97. The first kappa shape index (κ1) is 14.9. The number of ether oxygens (including phenoxy) is 1. The molecule has 2 aliphatic rings. The minimum absolute atomic E-state index is 0.0360. The average molecular weight is 353 g/mol. The summed E-state index contributed by atoms with van der Waals surface area (Å²) < 4.78 is 6.81. The Morgan fingerprint density at radius 1 is 1.48 bits per heavy atom. The zero-order chi connectivity index (χ0) is 15.0. The number of rotatable bonds is 4. The van der Waals surface area contributed by atoms with Crippen LogP contribution in [0.4, 0.5) is 0 Å². The molecule has 0 aliphatic carbocycles. The number of likely N-dealkylation sites (tertiary alicyclic amines) is 1. The lowest BCUT2D eigenvalue weighted by molar-refractivity contribution is -0.130. The molecule has 0 bridgehead atoms. The minimum atomic E-state index is -0.0360. The van der Waals surface area contributed by atoms with Crippen molar-refractivity contribution in [3.05, 3.63) is 27.7 Å². The lowest BCUT2D eigenvalue weighted by Gasteiger charge is -2.20. The highest BCUT2D eigenvalue weighted by Crippen LogP contribution is 2.34. The van der Waals surface area contributed by atoms with Gasteiger partial charge in [-0.3, -0.25) is 4.79 Å². The third-order valence-corrected chi connectivity index (χ3v) is 4.48. The molecule has 21 heavy (non-hydrogen) atoms. The monoisotopic (exact) mass is 352 g/mol. The Hall–Kier alpha value is -1.07. The van der Waals surface area contributed by atoms with E-state index in [0.29, 0.717) is 12.6 Å². The van der Waals surface area contributed by atoms with Gasteiger partial charge in [0.2, 0.25) is 5.91 Å². The molecule has 3 rings (SSSR count). The molecule has 0 spiro atoms. The zero-order valence-electron chi connectivity index (χ0n) is 12.5. The van der Waals surface area contributed by atoms with Crippen LogP contribution < -0.4 is 10.1 Å². The van der Waals surface area contributed by atoms with Crippen LogP contribution >= 0.6 is 15.9 Å². The van der Waals surface area contributed by atoms with Crippen LogP contribution in [-0.4, -0.2) is 36.0 Å². The molecule has 114 valence electrons. The van der Waals surface area contributed by atoms with Crippen molar-refractivity contribution in [2.75, 3.05) is 13.2 Å². The van der Waals surface area contributed by atoms with Crippen molar-refractivity contribution < 1.29 is 9.53 Å². The van der Waals surface area contributed by atoms with Crippen molar-refractivity contribution >= 4 is 21.8 Å². The van der Waals surface area contributed by atoms with Gasteiger partial charge in [-0.2, -0.15) is 0 Å².